The first-order valence-electron chi connectivity index (χ1n) is 0.236. The first-order valence-corrected chi connectivity index (χ1v) is 0.236. The molecular formula is CH3O2W-. The van der Waals surface area contributed by atoms with Crippen LogP contribution in [0, 0.1) is 0 Å². The van der Waals surface area contributed by atoms with Crippen LogP contribution in [0.3, 0.4) is 0 Å². The summed E-state index contributed by atoms with van der Waals surface area (Å²) < 4.78 is 0. The average molecular weight is 231 g/mol. The van der Waals surface area contributed by atoms with Crippen LogP contribution >= 0.6 is 0 Å². The molecule has 0 aromatic carbocycles. The van der Waals surface area contributed by atoms with Gasteiger partial charge in [0.05, 0.1) is 0 Å². The van der Waals surface area contributed by atoms with E-state index in [1.807, 2.05) is 0 Å². The summed E-state index contributed by atoms with van der Waals surface area (Å²) >= 11 is 0. The minimum Gasteiger partial charge on any atom is -0.545 e. The van der Waals surface area contributed by atoms with Crippen molar-refractivity contribution in [3.63, 3.8) is 0 Å². The molecule has 0 unspecified atom stereocenters. The summed E-state index contributed by atoms with van der Waals surface area (Å²) in [5, 5.41) is 0. The van der Waals surface area contributed by atoms with Gasteiger partial charge >= 0.3 is 0 Å². The number of carbonyl (C=O) groups excluding carboxylic acids is 1. The van der Waals surface area contributed by atoms with Crippen LogP contribution in [0.4, 0.5) is 0 Å². The van der Waals surface area contributed by atoms with E-state index in [-0.39, 0.29) is 26.5 Å². The van der Waals surface area contributed by atoms with E-state index in [2.05, 4.69) is 6.79 Å². The van der Waals surface area contributed by atoms with Gasteiger partial charge in [-0.2, -0.15) is 0 Å². The normalized spacial score (nSPS) is 1.00. The van der Waals surface area contributed by atoms with Crippen LogP contribution in [0.2, 0.25) is 0 Å². The molecule has 2 nitrogen and oxygen atoms in total. The van der Waals surface area contributed by atoms with Gasteiger partial charge in [0.2, 0.25) is 0 Å². The van der Waals surface area contributed by atoms with Gasteiger partial charge < -0.3 is 10.3 Å². The van der Waals surface area contributed by atoms with Crippen molar-refractivity contribution in [1.29, 1.82) is 0 Å². The molecule has 0 aliphatic rings. The Kier molecular flexibility index (Phi) is 1200. The molecule has 0 saturated carbocycles. The maximum Gasteiger partial charge on any atom is 0 e. The van der Waals surface area contributed by atoms with Gasteiger partial charge in [0, 0.05) is 21.1 Å². The summed E-state index contributed by atoms with van der Waals surface area (Å²) in [5.41, 5.74) is 0. The molecule has 0 saturated heterocycles. The van der Waals surface area contributed by atoms with Crippen LogP contribution in [0.1, 0.15) is 0 Å². The van der Waals surface area contributed by atoms with Crippen LogP contribution in [0.5, 0.6) is 0 Å². The van der Waals surface area contributed by atoms with E-state index in [4.69, 9.17) is 4.79 Å². The van der Waals surface area contributed by atoms with Crippen molar-refractivity contribution in [2.24, 2.45) is 0 Å². The molecule has 0 spiro atoms. The first-order chi connectivity index (χ1) is 1.00. The third-order valence-electron chi connectivity index (χ3n) is 0. The molecule has 0 heterocycles. The van der Waals surface area contributed by atoms with E-state index >= 15 is 0 Å². The molecule has 0 rings (SSSR count). The average Bonchev–Trinajstić information content (AvgIpc) is 1.00. The quantitative estimate of drug-likeness (QED) is 0.385. The van der Waals surface area contributed by atoms with E-state index in [1.165, 1.54) is 0 Å². The van der Waals surface area contributed by atoms with Gasteiger partial charge in [-0.15, -0.1) is 0 Å². The van der Waals surface area contributed by atoms with Crippen molar-refractivity contribution in [3.8, 4) is 0 Å². The molecular weight excluding hydrogens is 228 g/mol. The topological polar surface area (TPSA) is 48.6 Å². The predicted molar refractivity (Wildman–Crippen MR) is 10.4 cm³/mol. The SMILES string of the molecule is O.[CH-]=O.[W]. The fraction of sp³-hybridized carbons (Fsp3) is 0. The number of rotatable bonds is 0. The molecule has 0 atom stereocenters. The van der Waals surface area contributed by atoms with Crippen molar-refractivity contribution in [2.45, 2.75) is 0 Å². The maximum absolute atomic E-state index is 7.75. The second-order valence-corrected chi connectivity index (χ2v) is 0. The van der Waals surface area contributed by atoms with Gasteiger partial charge in [-0.05, 0) is 0 Å². The first kappa shape index (κ1) is 27.4. The van der Waals surface area contributed by atoms with E-state index in [1.54, 1.807) is 0 Å². The second-order valence-electron chi connectivity index (χ2n) is 0. The fourth-order valence-corrected chi connectivity index (χ4v) is 0. The third-order valence-corrected chi connectivity index (χ3v) is 0. The standard InChI is InChI=1S/CHO.H2O.W/c1-2;;/h1H;1H2;/q-1;;. The Hall–Kier alpha value is 0.318. The molecule has 0 bridgehead atoms. The third kappa shape index (κ3) is 39.8. The largest absolute Gasteiger partial charge is 0.545 e. The van der Waals surface area contributed by atoms with Crippen LogP contribution in [0.15, 0.2) is 0 Å². The van der Waals surface area contributed by atoms with Crippen molar-refractivity contribution in [2.75, 3.05) is 0 Å². The van der Waals surface area contributed by atoms with Crippen molar-refractivity contribution < 1.29 is 31.3 Å². The maximum atomic E-state index is 7.75. The minimum absolute atomic E-state index is 0. The van der Waals surface area contributed by atoms with E-state index in [0.29, 0.717) is 0 Å². The van der Waals surface area contributed by atoms with Crippen LogP contribution in [-0.4, -0.2) is 12.3 Å². The Morgan fingerprint density at radius 2 is 1.25 bits per heavy atom. The van der Waals surface area contributed by atoms with Gasteiger partial charge in [-0.3, -0.25) is 6.79 Å². The van der Waals surface area contributed by atoms with E-state index in [9.17, 15) is 0 Å². The fourth-order valence-electron chi connectivity index (χ4n) is 0. The summed E-state index contributed by atoms with van der Waals surface area (Å²) in [6, 6.07) is 0. The van der Waals surface area contributed by atoms with Gasteiger partial charge in [-0.1, -0.05) is 0 Å². The second kappa shape index (κ2) is 176. The minimum atomic E-state index is 0. The Labute approximate surface area is 38.8 Å². The summed E-state index contributed by atoms with van der Waals surface area (Å²) in [4.78, 5) is 7.75. The Morgan fingerprint density at radius 3 is 1.25 bits per heavy atom. The summed E-state index contributed by atoms with van der Waals surface area (Å²) in [6.07, 6.45) is 0. The Balaban J connectivity index is -0.00000000500. The molecule has 0 amide bonds. The van der Waals surface area contributed by atoms with E-state index in [0.717, 1.165) is 0 Å². The van der Waals surface area contributed by atoms with Gasteiger partial charge in [-0.25, -0.2) is 0 Å². The van der Waals surface area contributed by atoms with Crippen molar-refractivity contribution in [3.05, 3.63) is 0 Å². The van der Waals surface area contributed by atoms with E-state index < -0.39 is 0 Å². The monoisotopic (exact) mass is 231 g/mol. The molecule has 0 radical (unpaired) electrons. The molecule has 2 N–H and O–H groups in total. The Bertz CT molecular complexity index is 6.00. The van der Waals surface area contributed by atoms with Gasteiger partial charge in [0.1, 0.15) is 0 Å². The smallest absolute Gasteiger partial charge is 0 e. The van der Waals surface area contributed by atoms with Crippen molar-refractivity contribution >= 4 is 6.79 Å². The summed E-state index contributed by atoms with van der Waals surface area (Å²) in [5.74, 6) is 0. The van der Waals surface area contributed by atoms with Gasteiger partial charge in [0.25, 0.3) is 0 Å². The van der Waals surface area contributed by atoms with Crippen LogP contribution in [0.25, 0.3) is 0 Å². The number of hydrogen-bond donors (Lipinski definition) is 0. The number of hydrogen-bond acceptors (Lipinski definition) is 1. The Morgan fingerprint density at radius 1 is 1.25 bits per heavy atom. The molecule has 3 heteroatoms. The van der Waals surface area contributed by atoms with Crippen molar-refractivity contribution in [1.82, 2.24) is 0 Å². The zero-order chi connectivity index (χ0) is 2.00. The zero-order valence-corrected chi connectivity index (χ0v) is 4.83. The molecule has 0 aliphatic carbocycles. The summed E-state index contributed by atoms with van der Waals surface area (Å²) in [7, 11) is 0. The molecule has 0 aliphatic heterocycles. The molecule has 0 aromatic rings. The molecule has 26 valence electrons. The summed E-state index contributed by atoms with van der Waals surface area (Å²) in [6.45, 7) is 3.25. The molecule has 0 aromatic heterocycles. The zero-order valence-electron chi connectivity index (χ0n) is 1.89. The molecule has 4 heavy (non-hydrogen) atoms. The van der Waals surface area contributed by atoms with Crippen LogP contribution < -0.4 is 0 Å². The van der Waals surface area contributed by atoms with Crippen LogP contribution in [-0.2, 0) is 25.9 Å². The van der Waals surface area contributed by atoms with Gasteiger partial charge in [0.15, 0.2) is 0 Å². The predicted octanol–water partition coefficient (Wildman–Crippen LogP) is -1.10. The molecule has 0 fully saturated rings.